The topological polar surface area (TPSA) is 26.3 Å². The fourth-order valence-electron chi connectivity index (χ4n) is 2.15. The van der Waals surface area contributed by atoms with Crippen LogP contribution in [0.1, 0.15) is 6.92 Å². The van der Waals surface area contributed by atoms with Crippen molar-refractivity contribution in [2.24, 2.45) is 0 Å². The molecule has 2 aromatic carbocycles. The molecule has 3 heteroatoms. The average Bonchev–Trinajstić information content (AvgIpc) is 2.56. The normalized spacial score (nSPS) is 11.6. The summed E-state index contributed by atoms with van der Waals surface area (Å²) >= 11 is 0. The van der Waals surface area contributed by atoms with E-state index in [9.17, 15) is 4.57 Å². The fraction of sp³-hybridized carbons (Fsp3) is 0.158. The average molecular weight is 310 g/mol. The summed E-state index contributed by atoms with van der Waals surface area (Å²) in [5.41, 5.74) is 0.785. The van der Waals surface area contributed by atoms with Gasteiger partial charge in [-0.3, -0.25) is 0 Å². The first-order chi connectivity index (χ1) is 10.7. The maximum Gasteiger partial charge on any atom is 0.165 e. The zero-order valence-corrected chi connectivity index (χ0v) is 13.7. The molecule has 0 amide bonds. The lowest BCUT2D eigenvalue weighted by Crippen LogP contribution is -2.14. The highest BCUT2D eigenvalue weighted by atomic mass is 31.2. The minimum absolute atomic E-state index is 0.367. The van der Waals surface area contributed by atoms with Gasteiger partial charge in [-0.25, -0.2) is 0 Å². The maximum absolute atomic E-state index is 13.7. The van der Waals surface area contributed by atoms with Gasteiger partial charge >= 0.3 is 0 Å². The monoisotopic (exact) mass is 310 g/mol. The highest BCUT2D eigenvalue weighted by Crippen LogP contribution is 2.45. The minimum Gasteiger partial charge on any atom is -0.372 e. The largest absolute Gasteiger partial charge is 0.372 e. The van der Waals surface area contributed by atoms with E-state index in [-0.39, 0.29) is 0 Å². The van der Waals surface area contributed by atoms with E-state index in [2.05, 4.69) is 11.8 Å². The number of allylic oxidation sites excluding steroid dienone is 1. The Morgan fingerprint density at radius 1 is 1.05 bits per heavy atom. The van der Waals surface area contributed by atoms with Gasteiger partial charge in [0.1, 0.15) is 6.61 Å². The predicted octanol–water partition coefficient (Wildman–Crippen LogP) is 3.55. The molecule has 0 atom stereocenters. The number of methoxy groups -OCH3 is 1. The van der Waals surface area contributed by atoms with Crippen molar-refractivity contribution in [2.75, 3.05) is 13.7 Å². The van der Waals surface area contributed by atoms with E-state index in [0.29, 0.717) is 6.61 Å². The van der Waals surface area contributed by atoms with Gasteiger partial charge in [-0.05, 0) is 12.7 Å². The van der Waals surface area contributed by atoms with E-state index in [4.69, 9.17) is 4.74 Å². The van der Waals surface area contributed by atoms with E-state index in [1.165, 1.54) is 0 Å². The van der Waals surface area contributed by atoms with Gasteiger partial charge < -0.3 is 9.30 Å². The molecule has 112 valence electrons. The number of hydrogen-bond donors (Lipinski definition) is 0. The van der Waals surface area contributed by atoms with Crippen molar-refractivity contribution < 1.29 is 9.30 Å². The molecule has 0 aromatic heterocycles. The van der Waals surface area contributed by atoms with Gasteiger partial charge in [0.05, 0.1) is 0 Å². The summed E-state index contributed by atoms with van der Waals surface area (Å²) in [6.07, 6.45) is 0. The van der Waals surface area contributed by atoms with Gasteiger partial charge in [-0.2, -0.15) is 0 Å². The first kappa shape index (κ1) is 16.3. The van der Waals surface area contributed by atoms with Crippen LogP contribution >= 0.6 is 7.14 Å². The van der Waals surface area contributed by atoms with Crippen LogP contribution in [0.15, 0.2) is 72.1 Å². The van der Waals surface area contributed by atoms with Crippen LogP contribution in [0.2, 0.25) is 0 Å². The van der Waals surface area contributed by atoms with Crippen LogP contribution in [0.4, 0.5) is 0 Å². The maximum atomic E-state index is 13.7. The second-order valence-corrected chi connectivity index (χ2v) is 7.48. The molecule has 0 unspecified atom stereocenters. The summed E-state index contributed by atoms with van der Waals surface area (Å²) in [5.74, 6) is 7.68. The zero-order chi connectivity index (χ0) is 15.8. The van der Waals surface area contributed by atoms with Crippen LogP contribution in [0.3, 0.4) is 0 Å². The van der Waals surface area contributed by atoms with Gasteiger partial charge in [0.2, 0.25) is 0 Å². The molecule has 0 aliphatic heterocycles. The Labute approximate surface area is 132 Å². The number of rotatable bonds is 4. The molecule has 0 saturated carbocycles. The SMILES string of the molecule is COCC#C/C(C)=C/P(=O)(c1ccccc1)c1ccccc1. The lowest BCUT2D eigenvalue weighted by Gasteiger charge is -2.15. The summed E-state index contributed by atoms with van der Waals surface area (Å²) in [4.78, 5) is 0. The van der Waals surface area contributed by atoms with Crippen LogP contribution < -0.4 is 10.6 Å². The minimum atomic E-state index is -2.83. The Bertz CT molecular complexity index is 694. The number of hydrogen-bond acceptors (Lipinski definition) is 2. The molecule has 0 aliphatic rings. The van der Waals surface area contributed by atoms with E-state index < -0.39 is 7.14 Å². The molecule has 0 heterocycles. The van der Waals surface area contributed by atoms with Crippen molar-refractivity contribution in [2.45, 2.75) is 6.92 Å². The van der Waals surface area contributed by atoms with Gasteiger partial charge in [-0.15, -0.1) is 0 Å². The molecule has 0 spiro atoms. The highest BCUT2D eigenvalue weighted by molar-refractivity contribution is 7.81. The van der Waals surface area contributed by atoms with Crippen LogP contribution in [0.25, 0.3) is 0 Å². The first-order valence-electron chi connectivity index (χ1n) is 7.05. The van der Waals surface area contributed by atoms with Crippen molar-refractivity contribution in [3.63, 3.8) is 0 Å². The van der Waals surface area contributed by atoms with Crippen LogP contribution in [-0.4, -0.2) is 13.7 Å². The van der Waals surface area contributed by atoms with Gasteiger partial charge in [0, 0.05) is 23.3 Å². The Hall–Kier alpha value is -2.07. The molecule has 2 nitrogen and oxygen atoms in total. The summed E-state index contributed by atoms with van der Waals surface area (Å²) in [6, 6.07) is 19.1. The van der Waals surface area contributed by atoms with Crippen molar-refractivity contribution in [1.29, 1.82) is 0 Å². The molecule has 0 aliphatic carbocycles. The summed E-state index contributed by atoms with van der Waals surface area (Å²) in [6.45, 7) is 2.24. The lowest BCUT2D eigenvalue weighted by molar-refractivity contribution is 0.240. The van der Waals surface area contributed by atoms with E-state index >= 15 is 0 Å². The summed E-state index contributed by atoms with van der Waals surface area (Å²) in [5, 5.41) is 1.63. The third kappa shape index (κ3) is 3.98. The Balaban J connectivity index is 2.51. The molecule has 2 aromatic rings. The molecule has 0 bridgehead atoms. The van der Waals surface area contributed by atoms with Crippen molar-refractivity contribution in [3.8, 4) is 11.8 Å². The Morgan fingerprint density at radius 2 is 1.55 bits per heavy atom. The molecule has 0 N–H and O–H groups in total. The predicted molar refractivity (Wildman–Crippen MR) is 93.2 cm³/mol. The van der Waals surface area contributed by atoms with Crippen molar-refractivity contribution >= 4 is 17.8 Å². The lowest BCUT2D eigenvalue weighted by atomic mass is 10.3. The molecule has 0 radical (unpaired) electrons. The zero-order valence-electron chi connectivity index (χ0n) is 12.8. The molecular formula is C19H19O2P. The van der Waals surface area contributed by atoms with E-state index in [1.807, 2.05) is 67.6 Å². The Kier molecular flexibility index (Phi) is 5.78. The highest BCUT2D eigenvalue weighted by Gasteiger charge is 2.24. The summed E-state index contributed by atoms with van der Waals surface area (Å²) < 4.78 is 18.6. The molecule has 22 heavy (non-hydrogen) atoms. The van der Waals surface area contributed by atoms with Crippen LogP contribution in [0, 0.1) is 11.8 Å². The first-order valence-corrected chi connectivity index (χ1v) is 8.82. The second kappa shape index (κ2) is 7.80. The molecule has 2 rings (SSSR count). The molecule has 0 saturated heterocycles. The van der Waals surface area contributed by atoms with Crippen LogP contribution in [-0.2, 0) is 9.30 Å². The quantitative estimate of drug-likeness (QED) is 0.637. The van der Waals surface area contributed by atoms with Gasteiger partial charge in [0.15, 0.2) is 7.14 Å². The fourth-order valence-corrected chi connectivity index (χ4v) is 4.59. The number of benzene rings is 2. The summed E-state index contributed by atoms with van der Waals surface area (Å²) in [7, 11) is -1.23. The Morgan fingerprint density at radius 3 is 2.00 bits per heavy atom. The third-order valence-corrected chi connectivity index (χ3v) is 6.04. The van der Waals surface area contributed by atoms with Gasteiger partial charge in [-0.1, -0.05) is 72.5 Å². The van der Waals surface area contributed by atoms with Crippen LogP contribution in [0.5, 0.6) is 0 Å². The van der Waals surface area contributed by atoms with E-state index in [1.54, 1.807) is 12.9 Å². The van der Waals surface area contributed by atoms with Gasteiger partial charge in [0.25, 0.3) is 0 Å². The molecule has 0 fully saturated rings. The standard InChI is InChI=1S/C19H19O2P/c1-17(10-9-15-21-2)16-22(20,18-11-5-3-6-12-18)19-13-7-4-8-14-19/h3-8,11-14,16H,15H2,1-2H3/b17-16+. The molecular weight excluding hydrogens is 291 g/mol. The number of ether oxygens (including phenoxy) is 1. The van der Waals surface area contributed by atoms with Crippen molar-refractivity contribution in [1.82, 2.24) is 0 Å². The van der Waals surface area contributed by atoms with E-state index in [0.717, 1.165) is 16.2 Å². The smallest absolute Gasteiger partial charge is 0.165 e. The second-order valence-electron chi connectivity index (χ2n) is 4.88. The third-order valence-electron chi connectivity index (χ3n) is 3.16. The van der Waals surface area contributed by atoms with Crippen molar-refractivity contribution in [3.05, 3.63) is 72.1 Å².